The van der Waals surface area contributed by atoms with Crippen molar-refractivity contribution in [3.63, 3.8) is 0 Å². The summed E-state index contributed by atoms with van der Waals surface area (Å²) in [5, 5.41) is 6.51. The number of amides is 1. The fourth-order valence-electron chi connectivity index (χ4n) is 2.72. The van der Waals surface area contributed by atoms with Crippen LogP contribution in [0.25, 0.3) is 0 Å². The molecule has 4 nitrogen and oxygen atoms in total. The lowest BCUT2D eigenvalue weighted by Crippen LogP contribution is -2.45. The maximum Gasteiger partial charge on any atom is 0.221 e. The Hall–Kier alpha value is -1.39. The molecule has 1 aliphatic rings. The first-order valence-corrected chi connectivity index (χ1v) is 7.35. The molecule has 2 unspecified atom stereocenters. The number of hydrogen-bond donors (Lipinski definition) is 2. The number of piperidine rings is 1. The highest BCUT2D eigenvalue weighted by molar-refractivity contribution is 5.89. The summed E-state index contributed by atoms with van der Waals surface area (Å²) in [5.41, 5.74) is 2.06. The summed E-state index contributed by atoms with van der Waals surface area (Å²) in [4.78, 5) is 13.6. The Morgan fingerprint density at radius 1 is 1.40 bits per heavy atom. The van der Waals surface area contributed by atoms with Crippen LogP contribution in [0.4, 0.5) is 5.69 Å². The molecule has 0 spiro atoms. The number of likely N-dealkylation sites (tertiary alicyclic amines) is 1. The molecular weight excluding hydrogens is 250 g/mol. The van der Waals surface area contributed by atoms with E-state index in [1.807, 2.05) is 18.2 Å². The molecule has 0 radical (unpaired) electrons. The lowest BCUT2D eigenvalue weighted by molar-refractivity contribution is -0.114. The zero-order chi connectivity index (χ0) is 14.5. The summed E-state index contributed by atoms with van der Waals surface area (Å²) in [7, 11) is 2.19. The van der Waals surface area contributed by atoms with Crippen LogP contribution in [-0.2, 0) is 11.3 Å². The van der Waals surface area contributed by atoms with Crippen molar-refractivity contribution >= 4 is 11.6 Å². The van der Waals surface area contributed by atoms with Crippen LogP contribution in [0.1, 0.15) is 32.3 Å². The molecule has 4 heteroatoms. The monoisotopic (exact) mass is 275 g/mol. The van der Waals surface area contributed by atoms with Crippen molar-refractivity contribution in [3.8, 4) is 0 Å². The quantitative estimate of drug-likeness (QED) is 0.885. The molecule has 0 saturated carbocycles. The van der Waals surface area contributed by atoms with Gasteiger partial charge in [0.1, 0.15) is 0 Å². The minimum Gasteiger partial charge on any atom is -0.326 e. The van der Waals surface area contributed by atoms with E-state index in [2.05, 4.69) is 35.6 Å². The highest BCUT2D eigenvalue weighted by Gasteiger charge is 2.22. The summed E-state index contributed by atoms with van der Waals surface area (Å²) < 4.78 is 0. The van der Waals surface area contributed by atoms with Gasteiger partial charge in [-0.2, -0.15) is 0 Å². The van der Waals surface area contributed by atoms with Crippen molar-refractivity contribution in [1.82, 2.24) is 10.2 Å². The van der Waals surface area contributed by atoms with Crippen LogP contribution in [0.15, 0.2) is 24.3 Å². The van der Waals surface area contributed by atoms with Gasteiger partial charge in [0.2, 0.25) is 5.91 Å². The first kappa shape index (κ1) is 15.0. The number of carbonyl (C=O) groups is 1. The molecule has 1 fully saturated rings. The largest absolute Gasteiger partial charge is 0.326 e. The summed E-state index contributed by atoms with van der Waals surface area (Å²) in [6, 6.07) is 9.18. The van der Waals surface area contributed by atoms with Crippen LogP contribution < -0.4 is 10.6 Å². The number of nitrogens with zero attached hydrogens (tertiary/aromatic N) is 1. The van der Waals surface area contributed by atoms with Gasteiger partial charge >= 0.3 is 0 Å². The molecule has 1 amide bonds. The van der Waals surface area contributed by atoms with Gasteiger partial charge in [0, 0.05) is 31.2 Å². The molecule has 0 bridgehead atoms. The molecule has 1 aliphatic heterocycles. The summed E-state index contributed by atoms with van der Waals surface area (Å²) in [5.74, 6) is -0.0228. The third-order valence-corrected chi connectivity index (χ3v) is 4.12. The van der Waals surface area contributed by atoms with Gasteiger partial charge in [-0.3, -0.25) is 4.79 Å². The zero-order valence-corrected chi connectivity index (χ0v) is 12.6. The maximum absolute atomic E-state index is 11.2. The Kier molecular flexibility index (Phi) is 5.15. The van der Waals surface area contributed by atoms with E-state index in [4.69, 9.17) is 0 Å². The number of nitrogens with one attached hydrogen (secondary N) is 2. The van der Waals surface area contributed by atoms with Gasteiger partial charge in [0.05, 0.1) is 0 Å². The Labute approximate surface area is 121 Å². The smallest absolute Gasteiger partial charge is 0.221 e. The second kappa shape index (κ2) is 6.86. The van der Waals surface area contributed by atoms with Crippen LogP contribution in [0.2, 0.25) is 0 Å². The third-order valence-electron chi connectivity index (χ3n) is 4.12. The van der Waals surface area contributed by atoms with Crippen molar-refractivity contribution in [2.45, 2.75) is 45.3 Å². The average molecular weight is 275 g/mol. The summed E-state index contributed by atoms with van der Waals surface area (Å²) >= 11 is 0. The summed E-state index contributed by atoms with van der Waals surface area (Å²) in [6.07, 6.45) is 2.36. The van der Waals surface area contributed by atoms with Crippen molar-refractivity contribution in [1.29, 1.82) is 0 Å². The van der Waals surface area contributed by atoms with E-state index >= 15 is 0 Å². The first-order valence-electron chi connectivity index (χ1n) is 7.35. The zero-order valence-electron chi connectivity index (χ0n) is 12.6. The number of benzene rings is 1. The molecule has 1 heterocycles. The van der Waals surface area contributed by atoms with E-state index in [0.717, 1.165) is 24.3 Å². The van der Waals surface area contributed by atoms with E-state index < -0.39 is 0 Å². The SMILES string of the molecule is CC(=O)Nc1ccccc1CNC1CCN(C)C(C)C1. The highest BCUT2D eigenvalue weighted by atomic mass is 16.1. The lowest BCUT2D eigenvalue weighted by Gasteiger charge is -2.35. The highest BCUT2D eigenvalue weighted by Crippen LogP contribution is 2.18. The van der Waals surface area contributed by atoms with Gasteiger partial charge in [-0.05, 0) is 45.0 Å². The normalized spacial score (nSPS) is 23.6. The third kappa shape index (κ3) is 4.05. The molecular formula is C16H25N3O. The fourth-order valence-corrected chi connectivity index (χ4v) is 2.72. The van der Waals surface area contributed by atoms with E-state index in [9.17, 15) is 4.79 Å². The Morgan fingerprint density at radius 2 is 2.15 bits per heavy atom. The van der Waals surface area contributed by atoms with Crippen LogP contribution in [-0.4, -0.2) is 36.5 Å². The Bertz CT molecular complexity index is 461. The lowest BCUT2D eigenvalue weighted by atomic mass is 9.98. The molecule has 1 aromatic rings. The predicted octanol–water partition coefficient (Wildman–Crippen LogP) is 2.22. The molecule has 1 aromatic carbocycles. The second-order valence-electron chi connectivity index (χ2n) is 5.77. The number of hydrogen-bond acceptors (Lipinski definition) is 3. The molecule has 0 aliphatic carbocycles. The topological polar surface area (TPSA) is 44.4 Å². The fraction of sp³-hybridized carbons (Fsp3) is 0.562. The molecule has 20 heavy (non-hydrogen) atoms. The molecule has 0 aromatic heterocycles. The van der Waals surface area contributed by atoms with Crippen LogP contribution in [0.5, 0.6) is 0 Å². The Balaban J connectivity index is 1.92. The molecule has 2 rings (SSSR count). The van der Waals surface area contributed by atoms with E-state index in [-0.39, 0.29) is 5.91 Å². The summed E-state index contributed by atoms with van der Waals surface area (Å²) in [6.45, 7) is 5.77. The number of carbonyl (C=O) groups excluding carboxylic acids is 1. The molecule has 2 atom stereocenters. The van der Waals surface area contributed by atoms with E-state index in [1.54, 1.807) is 6.92 Å². The predicted molar refractivity (Wildman–Crippen MR) is 82.7 cm³/mol. The van der Waals surface area contributed by atoms with E-state index in [0.29, 0.717) is 12.1 Å². The maximum atomic E-state index is 11.2. The number of para-hydroxylation sites is 1. The first-order chi connectivity index (χ1) is 9.56. The van der Waals surface area contributed by atoms with Gasteiger partial charge < -0.3 is 15.5 Å². The Morgan fingerprint density at radius 3 is 2.85 bits per heavy atom. The van der Waals surface area contributed by atoms with Crippen molar-refractivity contribution in [2.24, 2.45) is 0 Å². The van der Waals surface area contributed by atoms with Crippen molar-refractivity contribution < 1.29 is 4.79 Å². The van der Waals surface area contributed by atoms with Gasteiger partial charge in [0.25, 0.3) is 0 Å². The van der Waals surface area contributed by atoms with Gasteiger partial charge in [-0.15, -0.1) is 0 Å². The second-order valence-corrected chi connectivity index (χ2v) is 5.77. The average Bonchev–Trinajstić information content (AvgIpc) is 2.41. The van der Waals surface area contributed by atoms with E-state index in [1.165, 1.54) is 12.8 Å². The minimum absolute atomic E-state index is 0.0228. The van der Waals surface area contributed by atoms with Crippen LogP contribution in [0.3, 0.4) is 0 Å². The minimum atomic E-state index is -0.0228. The van der Waals surface area contributed by atoms with Gasteiger partial charge in [-0.1, -0.05) is 18.2 Å². The number of anilines is 1. The van der Waals surface area contributed by atoms with Crippen molar-refractivity contribution in [3.05, 3.63) is 29.8 Å². The van der Waals surface area contributed by atoms with Crippen molar-refractivity contribution in [2.75, 3.05) is 18.9 Å². The van der Waals surface area contributed by atoms with Gasteiger partial charge in [-0.25, -0.2) is 0 Å². The van der Waals surface area contributed by atoms with Gasteiger partial charge in [0.15, 0.2) is 0 Å². The standard InChI is InChI=1S/C16H25N3O/c1-12-10-15(8-9-19(12)3)17-11-14-6-4-5-7-16(14)18-13(2)20/h4-7,12,15,17H,8-11H2,1-3H3,(H,18,20). The van der Waals surface area contributed by atoms with Crippen LogP contribution in [0, 0.1) is 0 Å². The molecule has 2 N–H and O–H groups in total. The van der Waals surface area contributed by atoms with Crippen LogP contribution >= 0.6 is 0 Å². The molecule has 110 valence electrons. The number of rotatable bonds is 4. The molecule has 1 saturated heterocycles.